The van der Waals surface area contributed by atoms with Crippen LogP contribution in [0.2, 0.25) is 0 Å². The van der Waals surface area contributed by atoms with E-state index in [1.165, 1.54) is 38.8 Å². The van der Waals surface area contributed by atoms with Gasteiger partial charge in [-0.25, -0.2) is 4.79 Å². The molecule has 76 valence electrons. The molecule has 4 nitrogen and oxygen atoms in total. The van der Waals surface area contributed by atoms with Crippen molar-refractivity contribution in [3.05, 3.63) is 0 Å². The highest BCUT2D eigenvalue weighted by molar-refractivity contribution is 5.68. The van der Waals surface area contributed by atoms with Crippen molar-refractivity contribution >= 4 is 6.09 Å². The molecule has 0 spiro atoms. The molecule has 0 saturated carbocycles. The van der Waals surface area contributed by atoms with E-state index in [0.29, 0.717) is 13.2 Å². The van der Waals surface area contributed by atoms with Crippen LogP contribution in [-0.2, 0) is 4.74 Å². The Morgan fingerprint density at radius 3 is 2.08 bits per heavy atom. The summed E-state index contributed by atoms with van der Waals surface area (Å²) >= 11 is 0. The summed E-state index contributed by atoms with van der Waals surface area (Å²) in [7, 11) is 0. The molecule has 2 heterocycles. The molecule has 0 unspecified atom stereocenters. The van der Waals surface area contributed by atoms with Gasteiger partial charge in [-0.1, -0.05) is 12.8 Å². The molecule has 13 heavy (non-hydrogen) atoms. The second kappa shape index (κ2) is 6.71. The average molecular weight is 186 g/mol. The SMILES string of the molecule is C1CCCNCC1.O=C1NCCO1. The van der Waals surface area contributed by atoms with E-state index < -0.39 is 0 Å². The quantitative estimate of drug-likeness (QED) is 0.590. The van der Waals surface area contributed by atoms with Gasteiger partial charge in [-0.05, 0) is 25.9 Å². The lowest BCUT2D eigenvalue weighted by molar-refractivity contribution is 0.178. The van der Waals surface area contributed by atoms with Crippen molar-refractivity contribution in [2.24, 2.45) is 0 Å². The molecule has 4 heteroatoms. The van der Waals surface area contributed by atoms with Crippen LogP contribution in [0.3, 0.4) is 0 Å². The fraction of sp³-hybridized carbons (Fsp3) is 0.889. The molecule has 1 amide bonds. The number of hydrogen-bond acceptors (Lipinski definition) is 3. The van der Waals surface area contributed by atoms with Gasteiger partial charge in [0, 0.05) is 0 Å². The fourth-order valence-electron chi connectivity index (χ4n) is 1.33. The molecule has 0 bridgehead atoms. The van der Waals surface area contributed by atoms with E-state index in [0.717, 1.165) is 0 Å². The molecule has 0 radical (unpaired) electrons. The second-order valence-electron chi connectivity index (χ2n) is 3.23. The average Bonchev–Trinajstić information content (AvgIpc) is 2.48. The van der Waals surface area contributed by atoms with Crippen molar-refractivity contribution in [1.82, 2.24) is 10.6 Å². The maximum absolute atomic E-state index is 9.91. The molecule has 0 aliphatic carbocycles. The van der Waals surface area contributed by atoms with Crippen LogP contribution >= 0.6 is 0 Å². The van der Waals surface area contributed by atoms with Gasteiger partial charge in [0.25, 0.3) is 0 Å². The zero-order chi connectivity index (χ0) is 9.36. The van der Waals surface area contributed by atoms with Crippen molar-refractivity contribution in [1.29, 1.82) is 0 Å². The van der Waals surface area contributed by atoms with Gasteiger partial charge in [0.1, 0.15) is 6.61 Å². The van der Waals surface area contributed by atoms with Crippen molar-refractivity contribution in [3.8, 4) is 0 Å². The van der Waals surface area contributed by atoms with E-state index in [1.54, 1.807) is 0 Å². The van der Waals surface area contributed by atoms with Crippen LogP contribution in [0.4, 0.5) is 4.79 Å². The summed E-state index contributed by atoms with van der Waals surface area (Å²) in [6.45, 7) is 3.69. The molecular weight excluding hydrogens is 168 g/mol. The van der Waals surface area contributed by atoms with Gasteiger partial charge in [0.15, 0.2) is 0 Å². The van der Waals surface area contributed by atoms with Gasteiger partial charge in [0.2, 0.25) is 0 Å². The van der Waals surface area contributed by atoms with Gasteiger partial charge in [-0.2, -0.15) is 0 Å². The van der Waals surface area contributed by atoms with Crippen LogP contribution in [-0.4, -0.2) is 32.3 Å². The Morgan fingerprint density at radius 1 is 1.00 bits per heavy atom. The first-order chi connectivity index (χ1) is 6.39. The van der Waals surface area contributed by atoms with Gasteiger partial charge in [-0.3, -0.25) is 0 Å². The molecule has 0 aromatic carbocycles. The number of amides is 1. The number of ether oxygens (including phenoxy) is 1. The molecule has 2 rings (SSSR count). The first-order valence-electron chi connectivity index (χ1n) is 5.01. The predicted octanol–water partition coefficient (Wildman–Crippen LogP) is 0.876. The van der Waals surface area contributed by atoms with Crippen molar-refractivity contribution in [2.75, 3.05) is 26.2 Å². The molecule has 2 N–H and O–H groups in total. The number of cyclic esters (lactones) is 1. The minimum absolute atomic E-state index is 0.296. The zero-order valence-electron chi connectivity index (χ0n) is 7.97. The molecule has 2 aliphatic rings. The van der Waals surface area contributed by atoms with Gasteiger partial charge in [-0.15, -0.1) is 0 Å². The van der Waals surface area contributed by atoms with E-state index in [9.17, 15) is 4.79 Å². The lowest BCUT2D eigenvalue weighted by atomic mass is 10.2. The maximum atomic E-state index is 9.91. The van der Waals surface area contributed by atoms with Crippen LogP contribution in [0.15, 0.2) is 0 Å². The summed E-state index contributed by atoms with van der Waals surface area (Å²) in [4.78, 5) is 9.91. The monoisotopic (exact) mass is 186 g/mol. The normalized spacial score (nSPS) is 22.0. The topological polar surface area (TPSA) is 50.4 Å². The van der Waals surface area contributed by atoms with Gasteiger partial charge < -0.3 is 15.4 Å². The molecule has 2 aliphatic heterocycles. The summed E-state index contributed by atoms with van der Waals surface area (Å²) in [5.41, 5.74) is 0. The predicted molar refractivity (Wildman–Crippen MR) is 50.7 cm³/mol. The molecule has 0 aromatic heterocycles. The molecule has 2 fully saturated rings. The Kier molecular flexibility index (Phi) is 5.33. The minimum atomic E-state index is -0.296. The summed E-state index contributed by atoms with van der Waals surface area (Å²) < 4.78 is 4.40. The van der Waals surface area contributed by atoms with Crippen LogP contribution in [0.1, 0.15) is 25.7 Å². The number of rotatable bonds is 0. The molecular formula is C9H18N2O2. The van der Waals surface area contributed by atoms with Gasteiger partial charge in [0.05, 0.1) is 6.54 Å². The lowest BCUT2D eigenvalue weighted by Crippen LogP contribution is -2.12. The number of nitrogens with one attached hydrogen (secondary N) is 2. The third-order valence-corrected chi connectivity index (χ3v) is 2.06. The first kappa shape index (κ1) is 10.3. The summed E-state index contributed by atoms with van der Waals surface area (Å²) in [5.74, 6) is 0. The lowest BCUT2D eigenvalue weighted by Gasteiger charge is -1.91. The summed E-state index contributed by atoms with van der Waals surface area (Å²) in [6.07, 6.45) is 5.36. The third kappa shape index (κ3) is 5.47. The smallest absolute Gasteiger partial charge is 0.407 e. The maximum Gasteiger partial charge on any atom is 0.407 e. The fourth-order valence-corrected chi connectivity index (χ4v) is 1.33. The van der Waals surface area contributed by atoms with Crippen LogP contribution in [0.5, 0.6) is 0 Å². The number of alkyl carbamates (subject to hydrolysis) is 1. The third-order valence-electron chi connectivity index (χ3n) is 2.06. The van der Waals surface area contributed by atoms with E-state index in [4.69, 9.17) is 0 Å². The highest BCUT2D eigenvalue weighted by Gasteiger charge is 2.06. The highest BCUT2D eigenvalue weighted by Crippen LogP contribution is 2.00. The summed E-state index contributed by atoms with van der Waals surface area (Å²) in [6, 6.07) is 0. The highest BCUT2D eigenvalue weighted by atomic mass is 16.6. The Balaban J connectivity index is 0.000000132. The molecule has 2 saturated heterocycles. The van der Waals surface area contributed by atoms with Crippen molar-refractivity contribution < 1.29 is 9.53 Å². The first-order valence-corrected chi connectivity index (χ1v) is 5.01. The second-order valence-corrected chi connectivity index (χ2v) is 3.23. The molecule has 0 atom stereocenters. The van der Waals surface area contributed by atoms with Crippen LogP contribution in [0, 0.1) is 0 Å². The number of hydrogen-bond donors (Lipinski definition) is 2. The van der Waals surface area contributed by atoms with Gasteiger partial charge >= 0.3 is 6.09 Å². The number of carbonyl (C=O) groups is 1. The van der Waals surface area contributed by atoms with Crippen LogP contribution < -0.4 is 10.6 Å². The summed E-state index contributed by atoms with van der Waals surface area (Å²) in [5, 5.41) is 5.81. The zero-order valence-corrected chi connectivity index (χ0v) is 7.97. The Labute approximate surface area is 79.0 Å². The van der Waals surface area contributed by atoms with E-state index in [2.05, 4.69) is 15.4 Å². The van der Waals surface area contributed by atoms with E-state index in [1.807, 2.05) is 0 Å². The Hall–Kier alpha value is -0.770. The van der Waals surface area contributed by atoms with E-state index in [-0.39, 0.29) is 6.09 Å². The van der Waals surface area contributed by atoms with Crippen LogP contribution in [0.25, 0.3) is 0 Å². The Bertz CT molecular complexity index is 123. The number of carbonyl (C=O) groups excluding carboxylic acids is 1. The largest absolute Gasteiger partial charge is 0.448 e. The van der Waals surface area contributed by atoms with Crippen molar-refractivity contribution in [3.63, 3.8) is 0 Å². The van der Waals surface area contributed by atoms with E-state index >= 15 is 0 Å². The molecule has 0 aromatic rings. The standard InChI is InChI=1S/C6H13N.C3H5NO2/c1-2-4-6-7-5-3-1;5-3-4-1-2-6-3/h7H,1-6H2;1-2H2,(H,4,5). The minimum Gasteiger partial charge on any atom is -0.448 e. The Morgan fingerprint density at radius 2 is 1.69 bits per heavy atom. The van der Waals surface area contributed by atoms with Crippen molar-refractivity contribution in [2.45, 2.75) is 25.7 Å².